The van der Waals surface area contributed by atoms with Crippen molar-refractivity contribution in [1.29, 1.82) is 0 Å². The van der Waals surface area contributed by atoms with Gasteiger partial charge in [0.05, 0.1) is 13.7 Å². The molecule has 0 unspecified atom stereocenters. The highest BCUT2D eigenvalue weighted by atomic mass is 127. The number of nitrogens with zero attached hydrogens (tertiary/aromatic N) is 1. The maximum Gasteiger partial charge on any atom is 0.411 e. The van der Waals surface area contributed by atoms with E-state index in [0.717, 1.165) is 5.69 Å². The zero-order valence-corrected chi connectivity index (χ0v) is 17.3. The van der Waals surface area contributed by atoms with Gasteiger partial charge in [-0.1, -0.05) is 0 Å². The van der Waals surface area contributed by atoms with E-state index < -0.39 is 12.8 Å². The molecular weight excluding hydrogens is 466 g/mol. The van der Waals surface area contributed by atoms with E-state index in [9.17, 15) is 13.2 Å². The molecule has 0 saturated carbocycles. The summed E-state index contributed by atoms with van der Waals surface area (Å²) in [5.74, 6) is 1.71. The third kappa shape index (κ3) is 9.90. The number of ether oxygens (including phenoxy) is 3. The van der Waals surface area contributed by atoms with Crippen LogP contribution >= 0.6 is 24.0 Å². The van der Waals surface area contributed by atoms with Gasteiger partial charge >= 0.3 is 6.18 Å². The summed E-state index contributed by atoms with van der Waals surface area (Å²) in [6.07, 6.45) is -3.87. The quantitative estimate of drug-likeness (QED) is 0.239. The molecule has 1 rings (SSSR count). The fourth-order valence-electron chi connectivity index (χ4n) is 1.90. The van der Waals surface area contributed by atoms with Crippen LogP contribution in [-0.4, -0.2) is 52.7 Å². The molecule has 0 atom stereocenters. The van der Waals surface area contributed by atoms with E-state index in [0.29, 0.717) is 37.0 Å². The van der Waals surface area contributed by atoms with Crippen molar-refractivity contribution >= 4 is 35.6 Å². The van der Waals surface area contributed by atoms with Crippen LogP contribution in [0.2, 0.25) is 0 Å². The first-order valence-electron chi connectivity index (χ1n) is 7.82. The zero-order valence-electron chi connectivity index (χ0n) is 15.0. The highest BCUT2D eigenvalue weighted by Crippen LogP contribution is 2.30. The summed E-state index contributed by atoms with van der Waals surface area (Å²) in [6, 6.07) is 5.36. The predicted molar refractivity (Wildman–Crippen MR) is 106 cm³/mol. The molecule has 0 aromatic heterocycles. The topological polar surface area (TPSA) is 64.1 Å². The van der Waals surface area contributed by atoms with Crippen LogP contribution in [0.15, 0.2) is 23.2 Å². The summed E-state index contributed by atoms with van der Waals surface area (Å²) in [7, 11) is 3.15. The maximum atomic E-state index is 11.9. The van der Waals surface area contributed by atoms with Crippen LogP contribution in [0.3, 0.4) is 0 Å². The second kappa shape index (κ2) is 12.8. The summed E-state index contributed by atoms with van der Waals surface area (Å²) < 4.78 is 51.1. The Kier molecular flexibility index (Phi) is 12.1. The summed E-state index contributed by atoms with van der Waals surface area (Å²) in [5.41, 5.74) is 0.738. The number of aliphatic imine (C=N–C) groups is 1. The van der Waals surface area contributed by atoms with Crippen LogP contribution < -0.4 is 20.1 Å². The molecule has 2 N–H and O–H groups in total. The first kappa shape index (κ1) is 24.6. The number of benzene rings is 1. The minimum absolute atomic E-state index is 0. The zero-order chi connectivity index (χ0) is 18.7. The third-order valence-electron chi connectivity index (χ3n) is 2.97. The lowest BCUT2D eigenvalue weighted by Crippen LogP contribution is -2.32. The van der Waals surface area contributed by atoms with Gasteiger partial charge < -0.3 is 24.8 Å². The lowest BCUT2D eigenvalue weighted by molar-refractivity contribution is -0.173. The van der Waals surface area contributed by atoms with Crippen LogP contribution in [0.5, 0.6) is 11.5 Å². The molecular formula is C16H25F3IN3O3. The Morgan fingerprint density at radius 3 is 2.54 bits per heavy atom. The molecule has 0 aliphatic carbocycles. The Morgan fingerprint density at radius 2 is 1.96 bits per heavy atom. The number of hydrogen-bond acceptors (Lipinski definition) is 4. The molecule has 0 aliphatic heterocycles. The summed E-state index contributed by atoms with van der Waals surface area (Å²) in [6.45, 7) is 1.62. The number of anilines is 1. The first-order valence-corrected chi connectivity index (χ1v) is 7.82. The normalized spacial score (nSPS) is 11.5. The Labute approximate surface area is 168 Å². The summed E-state index contributed by atoms with van der Waals surface area (Å²) in [4.78, 5) is 4.06. The molecule has 26 heavy (non-hydrogen) atoms. The SMILES string of the molecule is CCOc1ccc(NC(=NC)NCCCOCC(F)(F)F)cc1OC.I. The van der Waals surface area contributed by atoms with Gasteiger partial charge in [-0.05, 0) is 25.5 Å². The van der Waals surface area contributed by atoms with Crippen LogP contribution in [0, 0.1) is 0 Å². The van der Waals surface area contributed by atoms with Crippen molar-refractivity contribution in [3.8, 4) is 11.5 Å². The van der Waals surface area contributed by atoms with Crippen LogP contribution in [-0.2, 0) is 4.74 Å². The summed E-state index contributed by atoms with van der Waals surface area (Å²) >= 11 is 0. The first-order chi connectivity index (χ1) is 11.9. The average molecular weight is 491 g/mol. The van der Waals surface area contributed by atoms with E-state index in [1.54, 1.807) is 26.3 Å². The van der Waals surface area contributed by atoms with E-state index in [2.05, 4.69) is 20.4 Å². The Bertz CT molecular complexity index is 557. The smallest absolute Gasteiger partial charge is 0.411 e. The second-order valence-corrected chi connectivity index (χ2v) is 4.94. The highest BCUT2D eigenvalue weighted by molar-refractivity contribution is 14.0. The van der Waals surface area contributed by atoms with E-state index >= 15 is 0 Å². The van der Waals surface area contributed by atoms with Crippen molar-refractivity contribution in [1.82, 2.24) is 5.32 Å². The Hall–Kier alpha value is -1.43. The number of rotatable bonds is 9. The molecule has 1 aromatic carbocycles. The van der Waals surface area contributed by atoms with Gasteiger partial charge in [-0.15, -0.1) is 24.0 Å². The number of nitrogens with one attached hydrogen (secondary N) is 2. The average Bonchev–Trinajstić information content (AvgIpc) is 2.57. The lowest BCUT2D eigenvalue weighted by Gasteiger charge is -2.14. The van der Waals surface area contributed by atoms with Gasteiger partial charge in [0, 0.05) is 32.0 Å². The van der Waals surface area contributed by atoms with Gasteiger partial charge in [-0.3, -0.25) is 4.99 Å². The molecule has 0 saturated heterocycles. The van der Waals surface area contributed by atoms with Crippen molar-refractivity contribution < 1.29 is 27.4 Å². The molecule has 0 amide bonds. The van der Waals surface area contributed by atoms with Crippen molar-refractivity contribution in [3.05, 3.63) is 18.2 Å². The molecule has 0 bridgehead atoms. The molecule has 1 aromatic rings. The third-order valence-corrected chi connectivity index (χ3v) is 2.97. The van der Waals surface area contributed by atoms with E-state index in [-0.39, 0.29) is 30.6 Å². The van der Waals surface area contributed by atoms with Gasteiger partial charge in [0.15, 0.2) is 17.5 Å². The maximum absolute atomic E-state index is 11.9. The molecule has 0 fully saturated rings. The Morgan fingerprint density at radius 1 is 1.23 bits per heavy atom. The monoisotopic (exact) mass is 491 g/mol. The minimum atomic E-state index is -4.29. The van der Waals surface area contributed by atoms with Crippen molar-refractivity contribution in [2.45, 2.75) is 19.5 Å². The number of hydrogen-bond donors (Lipinski definition) is 2. The molecule has 0 heterocycles. The highest BCUT2D eigenvalue weighted by Gasteiger charge is 2.27. The van der Waals surface area contributed by atoms with Crippen LogP contribution in [0.1, 0.15) is 13.3 Å². The van der Waals surface area contributed by atoms with Gasteiger partial charge in [0.25, 0.3) is 0 Å². The number of alkyl halides is 3. The van der Waals surface area contributed by atoms with Crippen molar-refractivity contribution in [3.63, 3.8) is 0 Å². The molecule has 0 spiro atoms. The van der Waals surface area contributed by atoms with Gasteiger partial charge in [-0.2, -0.15) is 13.2 Å². The van der Waals surface area contributed by atoms with Crippen molar-refractivity contribution in [2.75, 3.05) is 45.8 Å². The van der Waals surface area contributed by atoms with E-state index in [1.165, 1.54) is 0 Å². The standard InChI is InChI=1S/C16H24F3N3O3.HI/c1-4-25-13-7-6-12(10-14(13)23-3)22-15(20-2)21-8-5-9-24-11-16(17,18)19;/h6-7,10H,4-5,8-9,11H2,1-3H3,(H2,20,21,22);1H. The van der Waals surface area contributed by atoms with Gasteiger partial charge in [0.2, 0.25) is 0 Å². The fraction of sp³-hybridized carbons (Fsp3) is 0.562. The second-order valence-electron chi connectivity index (χ2n) is 4.94. The van der Waals surface area contributed by atoms with Gasteiger partial charge in [-0.25, -0.2) is 0 Å². The largest absolute Gasteiger partial charge is 0.493 e. The fourth-order valence-corrected chi connectivity index (χ4v) is 1.90. The minimum Gasteiger partial charge on any atom is -0.493 e. The van der Waals surface area contributed by atoms with Crippen LogP contribution in [0.4, 0.5) is 18.9 Å². The molecule has 0 radical (unpaired) electrons. The molecule has 150 valence electrons. The predicted octanol–water partition coefficient (Wildman–Crippen LogP) is 3.67. The van der Waals surface area contributed by atoms with E-state index in [4.69, 9.17) is 9.47 Å². The van der Waals surface area contributed by atoms with Crippen molar-refractivity contribution in [2.24, 2.45) is 4.99 Å². The Balaban J connectivity index is 0.00000625. The molecule has 0 aliphatic rings. The number of methoxy groups -OCH3 is 1. The number of halogens is 4. The number of guanidine groups is 1. The summed E-state index contributed by atoms with van der Waals surface area (Å²) in [5, 5.41) is 6.07. The van der Waals surface area contributed by atoms with Crippen LogP contribution in [0.25, 0.3) is 0 Å². The lowest BCUT2D eigenvalue weighted by atomic mass is 10.2. The van der Waals surface area contributed by atoms with E-state index in [1.807, 2.05) is 13.0 Å². The van der Waals surface area contributed by atoms with Gasteiger partial charge in [0.1, 0.15) is 6.61 Å². The molecule has 10 heteroatoms. The molecule has 6 nitrogen and oxygen atoms in total.